The average molecular weight is 674 g/mol. The van der Waals surface area contributed by atoms with Crippen LogP contribution in [0.1, 0.15) is 27.7 Å². The van der Waals surface area contributed by atoms with Crippen LogP contribution in [0.25, 0.3) is 0 Å². The lowest BCUT2D eigenvalue weighted by Crippen LogP contribution is -2.37. The number of nitrogens with zero attached hydrogens (tertiary/aromatic N) is 4. The van der Waals surface area contributed by atoms with Gasteiger partial charge in [-0.15, -0.1) is 0 Å². The highest BCUT2D eigenvalue weighted by atomic mass is 35.5. The Bertz CT molecular complexity index is 1150. The summed E-state index contributed by atoms with van der Waals surface area (Å²) < 4.78 is 24.6. The van der Waals surface area contributed by atoms with E-state index in [1.807, 2.05) is 72.8 Å². The number of halogens is 2. The van der Waals surface area contributed by atoms with Crippen LogP contribution >= 0.6 is 38.4 Å². The van der Waals surface area contributed by atoms with Gasteiger partial charge < -0.3 is 28.7 Å². The van der Waals surface area contributed by atoms with Gasteiger partial charge in [-0.25, -0.2) is 18.3 Å². The normalized spacial score (nSPS) is 10.7. The van der Waals surface area contributed by atoms with Crippen molar-refractivity contribution in [2.24, 2.45) is 0 Å². The second-order valence-corrected chi connectivity index (χ2v) is 14.4. The maximum absolute atomic E-state index is 9.94. The molecule has 43 heavy (non-hydrogen) atoms. The standard InChI is InChI=1S/4C7H10N.CH4Cl2O6P2/c4*1-2-8-6-4-3-5-7-8;2-1(3,10(4,5)6)11(7,8)9/h4*3-7H,2H2,1H3;(H2,4,5,6)(H2,7,8,9)/q4*+1;/p-4. The topological polar surface area (TPSA) is 142 Å². The van der Waals surface area contributed by atoms with E-state index in [0.717, 1.165) is 26.2 Å². The first-order valence-electron chi connectivity index (χ1n) is 13.4. The molecule has 10 nitrogen and oxygen atoms in total. The molecular weight excluding hydrogens is 633 g/mol. The maximum Gasteiger partial charge on any atom is 0.169 e. The minimum absolute atomic E-state index is 1.06. The Morgan fingerprint density at radius 1 is 0.442 bits per heavy atom. The molecule has 14 heteroatoms. The fraction of sp³-hybridized carbons (Fsp3) is 0.310. The summed E-state index contributed by atoms with van der Waals surface area (Å²) in [7, 11) is -11.7. The van der Waals surface area contributed by atoms with Crippen molar-refractivity contribution >= 4 is 38.4 Å². The predicted molar refractivity (Wildman–Crippen MR) is 159 cm³/mol. The Hall–Kier alpha value is -2.52. The summed E-state index contributed by atoms with van der Waals surface area (Å²) in [6, 6.07) is 24.3. The number of hydrogen-bond donors (Lipinski definition) is 0. The van der Waals surface area contributed by atoms with Gasteiger partial charge in [0.15, 0.2) is 53.4 Å². The third kappa shape index (κ3) is 18.0. The molecule has 0 aliphatic carbocycles. The van der Waals surface area contributed by atoms with E-state index >= 15 is 0 Å². The molecule has 4 rings (SSSR count). The molecule has 0 radical (unpaired) electrons. The minimum atomic E-state index is -5.85. The fourth-order valence-corrected chi connectivity index (χ4v) is 3.93. The molecule has 0 spiro atoms. The number of hydrogen-bond acceptors (Lipinski definition) is 6. The van der Waals surface area contributed by atoms with Crippen LogP contribution in [0.15, 0.2) is 122 Å². The van der Waals surface area contributed by atoms with E-state index in [-0.39, 0.29) is 0 Å². The average Bonchev–Trinajstić information content (AvgIpc) is 3.03. The number of pyridine rings is 4. The quantitative estimate of drug-likeness (QED) is 0.174. The van der Waals surface area contributed by atoms with Crippen molar-refractivity contribution in [2.75, 3.05) is 0 Å². The third-order valence-electron chi connectivity index (χ3n) is 5.23. The van der Waals surface area contributed by atoms with Gasteiger partial charge in [-0.05, 0) is 42.9 Å². The van der Waals surface area contributed by atoms with E-state index < -0.39 is 19.0 Å². The van der Waals surface area contributed by atoms with Crippen LogP contribution in [0, 0.1) is 0 Å². The number of aromatic nitrogens is 4. The molecule has 0 saturated carbocycles. The molecule has 0 fully saturated rings. The predicted octanol–water partition coefficient (Wildman–Crippen LogP) is 1.88. The molecule has 0 aliphatic heterocycles. The summed E-state index contributed by atoms with van der Waals surface area (Å²) >= 11 is 8.96. The molecule has 4 aromatic rings. The van der Waals surface area contributed by atoms with Gasteiger partial charge >= 0.3 is 0 Å². The van der Waals surface area contributed by atoms with Crippen molar-refractivity contribution in [1.82, 2.24) is 0 Å². The largest absolute Gasteiger partial charge is 0.808 e. The van der Waals surface area contributed by atoms with Crippen LogP contribution in [0.2, 0.25) is 0 Å². The van der Waals surface area contributed by atoms with Crippen LogP contribution in [0.5, 0.6) is 0 Å². The highest BCUT2D eigenvalue weighted by molar-refractivity contribution is 7.76. The zero-order chi connectivity index (χ0) is 32.8. The summed E-state index contributed by atoms with van der Waals surface area (Å²) in [5, 5.41) is 0. The van der Waals surface area contributed by atoms with Gasteiger partial charge in [0.05, 0.1) is 0 Å². The molecular formula is C29H40Cl2N4O6P2. The smallest absolute Gasteiger partial charge is 0.169 e. The summed E-state index contributed by atoms with van der Waals surface area (Å²) in [6.07, 6.45) is 16.4. The lowest BCUT2D eigenvalue weighted by molar-refractivity contribution is -0.693. The SMILES string of the molecule is CC[n+]1ccccc1.CC[n+]1ccccc1.CC[n+]1ccccc1.CC[n+]1ccccc1.O=P([O-])([O-])C(Cl)(Cl)P(=O)([O-])[O-]. The van der Waals surface area contributed by atoms with Gasteiger partial charge in [0.25, 0.3) is 0 Å². The Kier molecular flexibility index (Phi) is 20.8. The van der Waals surface area contributed by atoms with Crippen molar-refractivity contribution in [3.63, 3.8) is 0 Å². The molecule has 4 aromatic heterocycles. The lowest BCUT2D eigenvalue weighted by atomic mass is 10.5. The van der Waals surface area contributed by atoms with E-state index in [0.29, 0.717) is 0 Å². The monoisotopic (exact) mass is 672 g/mol. The van der Waals surface area contributed by atoms with Gasteiger partial charge in [-0.2, -0.15) is 0 Å². The highest BCUT2D eigenvalue weighted by Crippen LogP contribution is 2.66. The van der Waals surface area contributed by atoms with Crippen LogP contribution < -0.4 is 37.8 Å². The fourth-order valence-electron chi connectivity index (χ4n) is 2.73. The molecule has 236 valence electrons. The van der Waals surface area contributed by atoms with E-state index in [1.165, 1.54) is 0 Å². The van der Waals surface area contributed by atoms with Crippen LogP contribution in [-0.4, -0.2) is 3.82 Å². The van der Waals surface area contributed by atoms with Crippen LogP contribution in [0.4, 0.5) is 0 Å². The van der Waals surface area contributed by atoms with Gasteiger partial charge in [-0.3, -0.25) is 0 Å². The number of aryl methyl sites for hydroxylation is 4. The van der Waals surface area contributed by atoms with Crippen LogP contribution in [0.3, 0.4) is 0 Å². The Morgan fingerprint density at radius 2 is 0.605 bits per heavy atom. The Balaban J connectivity index is 0.000000515. The van der Waals surface area contributed by atoms with Crippen molar-refractivity contribution in [2.45, 2.75) is 57.7 Å². The first-order chi connectivity index (χ1) is 20.2. The second-order valence-electron chi connectivity index (χ2n) is 8.33. The molecule has 0 aliphatic rings. The molecule has 0 bridgehead atoms. The zero-order valence-corrected chi connectivity index (χ0v) is 28.1. The van der Waals surface area contributed by atoms with Gasteiger partial charge in [0.2, 0.25) is 0 Å². The van der Waals surface area contributed by atoms with Gasteiger partial charge in [0, 0.05) is 48.5 Å². The lowest BCUT2D eigenvalue weighted by Gasteiger charge is -2.51. The molecule has 0 saturated heterocycles. The first kappa shape index (κ1) is 40.5. The number of rotatable bonds is 6. The molecule has 4 heterocycles. The maximum atomic E-state index is 9.94. The van der Waals surface area contributed by atoms with Crippen LogP contribution in [-0.2, 0) is 35.3 Å². The van der Waals surface area contributed by atoms with Crippen molar-refractivity contribution in [3.05, 3.63) is 122 Å². The molecule has 0 N–H and O–H groups in total. The first-order valence-corrected chi connectivity index (χ1v) is 17.3. The second kappa shape index (κ2) is 22.1. The Morgan fingerprint density at radius 3 is 0.674 bits per heavy atom. The van der Waals surface area contributed by atoms with E-state index in [9.17, 15) is 28.7 Å². The summed E-state index contributed by atoms with van der Waals surface area (Å²) in [5.74, 6) is 0. The minimum Gasteiger partial charge on any atom is -0.808 e. The van der Waals surface area contributed by atoms with E-state index in [4.69, 9.17) is 0 Å². The summed E-state index contributed by atoms with van der Waals surface area (Å²) in [4.78, 5) is 39.7. The van der Waals surface area contributed by atoms with Gasteiger partial charge in [-0.1, -0.05) is 47.5 Å². The Labute approximate surface area is 264 Å². The van der Waals surface area contributed by atoms with Gasteiger partial charge in [0.1, 0.15) is 26.2 Å². The van der Waals surface area contributed by atoms with Crippen molar-refractivity contribution < 1.29 is 47.0 Å². The molecule has 0 atom stereocenters. The highest BCUT2D eigenvalue weighted by Gasteiger charge is 2.32. The molecule has 0 unspecified atom stereocenters. The zero-order valence-electron chi connectivity index (χ0n) is 24.8. The van der Waals surface area contributed by atoms with Crippen molar-refractivity contribution in [1.29, 1.82) is 0 Å². The summed E-state index contributed by atoms with van der Waals surface area (Å²) in [5.41, 5.74) is 0. The summed E-state index contributed by atoms with van der Waals surface area (Å²) in [6.45, 7) is 12.7. The van der Waals surface area contributed by atoms with E-state index in [1.54, 1.807) is 0 Å². The van der Waals surface area contributed by atoms with E-state index in [2.05, 4.69) is 119 Å². The third-order valence-corrected chi connectivity index (χ3v) is 10.5. The number of alkyl halides is 2. The molecule has 0 aromatic carbocycles. The van der Waals surface area contributed by atoms with Crippen molar-refractivity contribution in [3.8, 4) is 0 Å². The molecule has 0 amide bonds.